The number of esters is 1. The summed E-state index contributed by atoms with van der Waals surface area (Å²) in [7, 11) is -2.07. The largest absolute Gasteiger partial charge is 0.460 e. The zero-order valence-corrected chi connectivity index (χ0v) is 19.5. The van der Waals surface area contributed by atoms with E-state index in [-0.39, 0.29) is 19.8 Å². The van der Waals surface area contributed by atoms with E-state index in [0.717, 1.165) is 12.5 Å². The van der Waals surface area contributed by atoms with Crippen molar-refractivity contribution in [2.75, 3.05) is 40.1 Å². The summed E-state index contributed by atoms with van der Waals surface area (Å²) < 4.78 is 26.9. The maximum Gasteiger partial charge on any atom is 0.407 e. The fourth-order valence-electron chi connectivity index (χ4n) is 2.12. The van der Waals surface area contributed by atoms with Gasteiger partial charge in [-0.3, -0.25) is 0 Å². The molecule has 8 nitrogen and oxygen atoms in total. The Morgan fingerprint density at radius 2 is 1.67 bits per heavy atom. The molecule has 0 fully saturated rings. The van der Waals surface area contributed by atoms with Crippen LogP contribution in [-0.2, 0) is 27.5 Å². The maximum absolute atomic E-state index is 11.4. The molecule has 1 N–H and O–H groups in total. The van der Waals surface area contributed by atoms with E-state index in [9.17, 15) is 9.59 Å². The molecule has 0 aliphatic heterocycles. The second-order valence-corrected chi connectivity index (χ2v) is 15.2. The highest BCUT2D eigenvalue weighted by Crippen LogP contribution is 2.20. The number of amides is 1. The summed E-state index contributed by atoms with van der Waals surface area (Å²) in [4.78, 5) is 22.6. The molecular formula is C17H35NO7Si2. The first-order valence-corrected chi connectivity index (χ1v) is 15.0. The molecule has 0 saturated carbocycles. The first kappa shape index (κ1) is 25.8. The van der Waals surface area contributed by atoms with Crippen molar-refractivity contribution in [2.45, 2.75) is 45.6 Å². The standard InChI is InChI=1S/C17H35NO7Si2/c1-15(2)16(19)23-11-9-18-17(20)24-13-12-22-10-8-14-26(4,5)25-27(6,7)21-3/h1,8-14H2,2-7H3,(H,18,20). The van der Waals surface area contributed by atoms with E-state index in [2.05, 4.69) is 25.0 Å². The molecule has 0 rings (SSSR count). The average molecular weight is 422 g/mol. The SMILES string of the molecule is C=C(C)C(=O)OCCNC(=O)OCCOCCC[Si](C)(C)O[Si](C)(C)OC. The normalized spacial score (nSPS) is 11.8. The van der Waals surface area contributed by atoms with Crippen molar-refractivity contribution >= 4 is 28.9 Å². The monoisotopic (exact) mass is 421 g/mol. The van der Waals surface area contributed by atoms with Gasteiger partial charge in [0.25, 0.3) is 0 Å². The molecule has 1 amide bonds. The number of carbonyl (C=O) groups is 2. The smallest absolute Gasteiger partial charge is 0.407 e. The van der Waals surface area contributed by atoms with E-state index in [1.807, 2.05) is 13.1 Å². The van der Waals surface area contributed by atoms with Crippen LogP contribution in [-0.4, -0.2) is 69.0 Å². The zero-order valence-electron chi connectivity index (χ0n) is 17.5. The summed E-state index contributed by atoms with van der Waals surface area (Å²) in [6.07, 6.45) is 0.326. The lowest BCUT2D eigenvalue weighted by Crippen LogP contribution is -2.45. The van der Waals surface area contributed by atoms with Crippen molar-refractivity contribution in [3.8, 4) is 0 Å². The zero-order chi connectivity index (χ0) is 20.9. The van der Waals surface area contributed by atoms with Gasteiger partial charge in [0.15, 0.2) is 8.32 Å². The van der Waals surface area contributed by atoms with E-state index < -0.39 is 28.9 Å². The highest BCUT2D eigenvalue weighted by Gasteiger charge is 2.33. The van der Waals surface area contributed by atoms with Crippen molar-refractivity contribution in [3.05, 3.63) is 12.2 Å². The summed E-state index contributed by atoms with van der Waals surface area (Å²) in [6.45, 7) is 14.8. The highest BCUT2D eigenvalue weighted by atomic mass is 28.4. The Labute approximate surface area is 164 Å². The molecule has 0 aromatic carbocycles. The number of ether oxygens (including phenoxy) is 3. The van der Waals surface area contributed by atoms with Crippen LogP contribution in [0.25, 0.3) is 0 Å². The number of alkyl carbamates (subject to hydrolysis) is 1. The molecule has 27 heavy (non-hydrogen) atoms. The topological polar surface area (TPSA) is 92.3 Å². The van der Waals surface area contributed by atoms with E-state index in [1.54, 1.807) is 14.0 Å². The molecule has 0 aliphatic rings. The van der Waals surface area contributed by atoms with Crippen LogP contribution in [0.4, 0.5) is 4.79 Å². The first-order chi connectivity index (χ1) is 12.5. The predicted octanol–water partition coefficient (Wildman–Crippen LogP) is 2.81. The van der Waals surface area contributed by atoms with Gasteiger partial charge in [-0.1, -0.05) is 6.58 Å². The lowest BCUT2D eigenvalue weighted by atomic mass is 10.4. The minimum Gasteiger partial charge on any atom is -0.460 e. The Balaban J connectivity index is 3.64. The summed E-state index contributed by atoms with van der Waals surface area (Å²) >= 11 is 0. The third-order valence-corrected chi connectivity index (χ3v) is 10.2. The number of nitrogens with one attached hydrogen (secondary N) is 1. The van der Waals surface area contributed by atoms with Crippen LogP contribution in [0.2, 0.25) is 32.2 Å². The molecule has 10 heteroatoms. The minimum atomic E-state index is -2.01. The Hall–Kier alpha value is -1.21. The molecule has 0 saturated heterocycles. The van der Waals surface area contributed by atoms with Gasteiger partial charge in [-0.2, -0.15) is 0 Å². The van der Waals surface area contributed by atoms with Crippen LogP contribution in [0, 0.1) is 0 Å². The summed E-state index contributed by atoms with van der Waals surface area (Å²) in [5, 5.41) is 2.48. The van der Waals surface area contributed by atoms with E-state index in [4.69, 9.17) is 22.8 Å². The molecule has 0 atom stereocenters. The van der Waals surface area contributed by atoms with Crippen LogP contribution < -0.4 is 5.32 Å². The molecule has 0 heterocycles. The Kier molecular flexibility index (Phi) is 12.5. The fraction of sp³-hybridized carbons (Fsp3) is 0.765. The summed E-state index contributed by atoms with van der Waals surface area (Å²) in [5.74, 6) is -0.483. The van der Waals surface area contributed by atoms with Gasteiger partial charge in [-0.15, -0.1) is 0 Å². The van der Waals surface area contributed by atoms with Gasteiger partial charge < -0.3 is 28.1 Å². The lowest BCUT2D eigenvalue weighted by molar-refractivity contribution is -0.138. The Bertz CT molecular complexity index is 484. The molecule has 0 aromatic heterocycles. The van der Waals surface area contributed by atoms with Crippen molar-refractivity contribution in [1.82, 2.24) is 5.32 Å². The van der Waals surface area contributed by atoms with Crippen molar-refractivity contribution in [2.24, 2.45) is 0 Å². The van der Waals surface area contributed by atoms with E-state index in [0.29, 0.717) is 18.8 Å². The average Bonchev–Trinajstić information content (AvgIpc) is 2.56. The maximum atomic E-state index is 11.4. The number of hydrogen-bond acceptors (Lipinski definition) is 7. The molecule has 0 spiro atoms. The molecule has 0 aromatic rings. The fourth-order valence-corrected chi connectivity index (χ4v) is 9.18. The van der Waals surface area contributed by atoms with Gasteiger partial charge in [-0.05, 0) is 45.6 Å². The van der Waals surface area contributed by atoms with Crippen LogP contribution in [0.15, 0.2) is 12.2 Å². The third-order valence-electron chi connectivity index (χ3n) is 3.50. The van der Waals surface area contributed by atoms with Crippen molar-refractivity contribution in [1.29, 1.82) is 0 Å². The van der Waals surface area contributed by atoms with Gasteiger partial charge in [0.1, 0.15) is 13.2 Å². The first-order valence-electron chi connectivity index (χ1n) is 9.05. The second-order valence-electron chi connectivity index (χ2n) is 7.16. The summed E-state index contributed by atoms with van der Waals surface area (Å²) in [6, 6.07) is 0.983. The van der Waals surface area contributed by atoms with Crippen molar-refractivity contribution in [3.63, 3.8) is 0 Å². The van der Waals surface area contributed by atoms with Gasteiger partial charge in [0.2, 0.25) is 0 Å². The molecule has 0 bridgehead atoms. The number of rotatable bonds is 14. The van der Waals surface area contributed by atoms with Crippen LogP contribution >= 0.6 is 0 Å². The molecule has 0 radical (unpaired) electrons. The van der Waals surface area contributed by atoms with Crippen molar-refractivity contribution < 1.29 is 32.3 Å². The van der Waals surface area contributed by atoms with Crippen LogP contribution in [0.1, 0.15) is 13.3 Å². The molecule has 158 valence electrons. The van der Waals surface area contributed by atoms with Gasteiger partial charge in [-0.25, -0.2) is 9.59 Å². The Morgan fingerprint density at radius 3 is 2.26 bits per heavy atom. The van der Waals surface area contributed by atoms with Gasteiger partial charge in [0.05, 0.1) is 13.2 Å². The molecule has 0 unspecified atom stereocenters. The summed E-state index contributed by atoms with van der Waals surface area (Å²) in [5.41, 5.74) is 0.317. The van der Waals surface area contributed by atoms with E-state index in [1.165, 1.54) is 0 Å². The Morgan fingerprint density at radius 1 is 1.00 bits per heavy atom. The number of hydrogen-bond donors (Lipinski definition) is 1. The minimum absolute atomic E-state index is 0.0712. The number of carbonyl (C=O) groups excluding carboxylic acids is 2. The highest BCUT2D eigenvalue weighted by molar-refractivity contribution is 6.82. The second kappa shape index (κ2) is 13.1. The predicted molar refractivity (Wildman–Crippen MR) is 108 cm³/mol. The third kappa shape index (κ3) is 14.5. The lowest BCUT2D eigenvalue weighted by Gasteiger charge is -2.32. The van der Waals surface area contributed by atoms with Crippen LogP contribution in [0.3, 0.4) is 0 Å². The van der Waals surface area contributed by atoms with E-state index >= 15 is 0 Å². The van der Waals surface area contributed by atoms with Crippen LogP contribution in [0.5, 0.6) is 0 Å². The van der Waals surface area contributed by atoms with Gasteiger partial charge in [0, 0.05) is 19.3 Å². The molecule has 0 aliphatic carbocycles. The molecular weight excluding hydrogens is 386 g/mol. The quantitative estimate of drug-likeness (QED) is 0.199. The van der Waals surface area contributed by atoms with Gasteiger partial charge >= 0.3 is 20.6 Å².